The Morgan fingerprint density at radius 2 is 1.63 bits per heavy atom. The van der Waals surface area contributed by atoms with E-state index in [9.17, 15) is 5.11 Å². The molecule has 2 aromatic carbocycles. The van der Waals surface area contributed by atoms with Gasteiger partial charge in [0.15, 0.2) is 5.96 Å². The minimum absolute atomic E-state index is 0.117. The van der Waals surface area contributed by atoms with Crippen LogP contribution in [0.2, 0.25) is 0 Å². The fourth-order valence-electron chi connectivity index (χ4n) is 3.62. The van der Waals surface area contributed by atoms with Crippen LogP contribution in [0.3, 0.4) is 0 Å². The molecule has 0 radical (unpaired) electrons. The van der Waals surface area contributed by atoms with Gasteiger partial charge in [-0.15, -0.1) is 0 Å². The second-order valence-corrected chi connectivity index (χ2v) is 7.77. The summed E-state index contributed by atoms with van der Waals surface area (Å²) in [6.45, 7) is 4.45. The fourth-order valence-corrected chi connectivity index (χ4v) is 3.62. The van der Waals surface area contributed by atoms with E-state index in [2.05, 4.69) is 56.9 Å². The molecule has 30 heavy (non-hydrogen) atoms. The van der Waals surface area contributed by atoms with Crippen molar-refractivity contribution in [2.45, 2.75) is 38.5 Å². The number of nitrogens with zero attached hydrogens (tertiary/aromatic N) is 2. The van der Waals surface area contributed by atoms with E-state index >= 15 is 0 Å². The molecule has 3 rings (SSSR count). The summed E-state index contributed by atoms with van der Waals surface area (Å²) in [5, 5.41) is 16.4. The van der Waals surface area contributed by atoms with Crippen LogP contribution in [0.25, 0.3) is 0 Å². The molecule has 1 aliphatic rings. The van der Waals surface area contributed by atoms with Gasteiger partial charge in [0.05, 0.1) is 13.2 Å². The third kappa shape index (κ3) is 7.04. The summed E-state index contributed by atoms with van der Waals surface area (Å²) >= 11 is 0. The lowest BCUT2D eigenvalue weighted by Gasteiger charge is -2.29. The summed E-state index contributed by atoms with van der Waals surface area (Å²) in [5.41, 5.74) is 3.81. The average Bonchev–Trinajstić information content (AvgIpc) is 2.79. The predicted molar refractivity (Wildman–Crippen MR) is 122 cm³/mol. The monoisotopic (exact) mass is 410 g/mol. The molecule has 1 heterocycles. The lowest BCUT2D eigenvalue weighted by atomic mass is 10.1. The second kappa shape index (κ2) is 11.6. The number of ether oxygens (including phenoxy) is 1. The Balaban J connectivity index is 1.38. The minimum atomic E-state index is -0.117. The van der Waals surface area contributed by atoms with Crippen molar-refractivity contribution in [3.05, 3.63) is 65.2 Å². The van der Waals surface area contributed by atoms with E-state index in [1.54, 1.807) is 14.2 Å². The predicted octanol–water partition coefficient (Wildman–Crippen LogP) is 2.56. The normalized spacial score (nSPS) is 15.8. The Hall–Kier alpha value is -2.57. The minimum Gasteiger partial charge on any atom is -0.497 e. The van der Waals surface area contributed by atoms with Crippen LogP contribution in [0.15, 0.2) is 53.5 Å². The number of piperidine rings is 1. The summed E-state index contributed by atoms with van der Waals surface area (Å²) in [6, 6.07) is 16.9. The number of methoxy groups -OCH3 is 1. The topological polar surface area (TPSA) is 69.1 Å². The zero-order valence-electron chi connectivity index (χ0n) is 18.1. The van der Waals surface area contributed by atoms with E-state index in [1.165, 1.54) is 16.7 Å². The maximum Gasteiger partial charge on any atom is 0.191 e. The molecule has 1 aliphatic heterocycles. The standard InChI is InChI=1S/C24H34N4O2/c1-25-24(26-14-11-19-7-9-23(30-2)10-8-19)27-17-20-3-5-21(6-4-20)18-28-15-12-22(29)13-16-28/h3-10,22,29H,11-18H2,1-2H3,(H2,25,26,27). The number of hydrogen-bond donors (Lipinski definition) is 3. The number of hydrogen-bond acceptors (Lipinski definition) is 4. The van der Waals surface area contributed by atoms with Crippen molar-refractivity contribution in [3.63, 3.8) is 0 Å². The van der Waals surface area contributed by atoms with Crippen molar-refractivity contribution in [2.24, 2.45) is 4.99 Å². The molecule has 0 unspecified atom stereocenters. The van der Waals surface area contributed by atoms with Gasteiger partial charge < -0.3 is 20.5 Å². The molecule has 0 atom stereocenters. The summed E-state index contributed by atoms with van der Waals surface area (Å²) in [6.07, 6.45) is 2.57. The lowest BCUT2D eigenvalue weighted by Crippen LogP contribution is -2.37. The second-order valence-electron chi connectivity index (χ2n) is 7.77. The first kappa shape index (κ1) is 22.1. The summed E-state index contributed by atoms with van der Waals surface area (Å²) < 4.78 is 5.20. The van der Waals surface area contributed by atoms with Crippen LogP contribution in [0, 0.1) is 0 Å². The van der Waals surface area contributed by atoms with Crippen molar-refractivity contribution < 1.29 is 9.84 Å². The quantitative estimate of drug-likeness (QED) is 0.461. The number of benzene rings is 2. The molecule has 0 spiro atoms. The van der Waals surface area contributed by atoms with Crippen LogP contribution in [-0.2, 0) is 19.5 Å². The summed E-state index contributed by atoms with van der Waals surface area (Å²) in [5.74, 6) is 1.68. The van der Waals surface area contributed by atoms with E-state index in [-0.39, 0.29) is 6.10 Å². The zero-order chi connectivity index (χ0) is 21.2. The highest BCUT2D eigenvalue weighted by molar-refractivity contribution is 5.79. The Morgan fingerprint density at radius 3 is 2.27 bits per heavy atom. The van der Waals surface area contributed by atoms with Gasteiger partial charge in [-0.1, -0.05) is 36.4 Å². The average molecular weight is 411 g/mol. The molecule has 6 nitrogen and oxygen atoms in total. The van der Waals surface area contributed by atoms with Gasteiger partial charge in [-0.25, -0.2) is 0 Å². The number of likely N-dealkylation sites (tertiary alicyclic amines) is 1. The van der Waals surface area contributed by atoms with Crippen molar-refractivity contribution in [2.75, 3.05) is 33.8 Å². The van der Waals surface area contributed by atoms with Gasteiger partial charge in [-0.2, -0.15) is 0 Å². The van der Waals surface area contributed by atoms with Crippen molar-refractivity contribution >= 4 is 5.96 Å². The first-order valence-electron chi connectivity index (χ1n) is 10.7. The summed E-state index contributed by atoms with van der Waals surface area (Å²) in [4.78, 5) is 6.72. The molecule has 0 amide bonds. The van der Waals surface area contributed by atoms with E-state index < -0.39 is 0 Å². The fraction of sp³-hybridized carbons (Fsp3) is 0.458. The molecular formula is C24H34N4O2. The third-order valence-electron chi connectivity index (χ3n) is 5.53. The Labute approximate surface area is 180 Å². The van der Waals surface area contributed by atoms with Crippen LogP contribution in [0.4, 0.5) is 0 Å². The Morgan fingerprint density at radius 1 is 1.00 bits per heavy atom. The van der Waals surface area contributed by atoms with Crippen LogP contribution in [0.1, 0.15) is 29.5 Å². The lowest BCUT2D eigenvalue weighted by molar-refractivity contribution is 0.0792. The van der Waals surface area contributed by atoms with Gasteiger partial charge in [-0.05, 0) is 48.1 Å². The van der Waals surface area contributed by atoms with E-state index in [0.29, 0.717) is 0 Å². The number of aliphatic imine (C=N–C) groups is 1. The van der Waals surface area contributed by atoms with Crippen molar-refractivity contribution in [1.29, 1.82) is 0 Å². The smallest absolute Gasteiger partial charge is 0.191 e. The van der Waals surface area contributed by atoms with E-state index in [0.717, 1.165) is 63.7 Å². The van der Waals surface area contributed by atoms with Crippen molar-refractivity contribution in [3.8, 4) is 5.75 Å². The molecule has 1 saturated heterocycles. The highest BCUT2D eigenvalue weighted by Gasteiger charge is 2.16. The van der Waals surface area contributed by atoms with E-state index in [1.807, 2.05) is 12.1 Å². The van der Waals surface area contributed by atoms with Gasteiger partial charge in [0.2, 0.25) is 0 Å². The highest BCUT2D eigenvalue weighted by Crippen LogP contribution is 2.14. The van der Waals surface area contributed by atoms with Crippen LogP contribution in [0.5, 0.6) is 5.75 Å². The molecular weight excluding hydrogens is 376 g/mol. The molecule has 1 fully saturated rings. The molecule has 6 heteroatoms. The maximum absolute atomic E-state index is 9.63. The highest BCUT2D eigenvalue weighted by atomic mass is 16.5. The number of guanidine groups is 1. The molecule has 0 saturated carbocycles. The Bertz CT molecular complexity index is 782. The molecule has 0 aromatic heterocycles. The number of aliphatic hydroxyl groups excluding tert-OH is 1. The first-order chi connectivity index (χ1) is 14.7. The van der Waals surface area contributed by atoms with E-state index in [4.69, 9.17) is 4.74 Å². The molecule has 0 bridgehead atoms. The SMILES string of the molecule is CN=C(NCCc1ccc(OC)cc1)NCc1ccc(CN2CCC(O)CC2)cc1. The largest absolute Gasteiger partial charge is 0.497 e. The van der Waals surface area contributed by atoms with Gasteiger partial charge in [-0.3, -0.25) is 9.89 Å². The number of nitrogens with one attached hydrogen (secondary N) is 2. The summed E-state index contributed by atoms with van der Waals surface area (Å²) in [7, 11) is 3.47. The third-order valence-corrected chi connectivity index (χ3v) is 5.53. The molecule has 2 aromatic rings. The Kier molecular flexibility index (Phi) is 8.53. The zero-order valence-corrected chi connectivity index (χ0v) is 18.1. The van der Waals surface area contributed by atoms with Gasteiger partial charge in [0.25, 0.3) is 0 Å². The van der Waals surface area contributed by atoms with Crippen LogP contribution >= 0.6 is 0 Å². The van der Waals surface area contributed by atoms with Gasteiger partial charge in [0, 0.05) is 39.8 Å². The van der Waals surface area contributed by atoms with Crippen molar-refractivity contribution in [1.82, 2.24) is 15.5 Å². The number of rotatable bonds is 8. The molecule has 0 aliphatic carbocycles. The van der Waals surface area contributed by atoms with Gasteiger partial charge in [0.1, 0.15) is 5.75 Å². The molecule has 3 N–H and O–H groups in total. The van der Waals surface area contributed by atoms with Crippen LogP contribution in [-0.4, -0.2) is 55.9 Å². The first-order valence-corrected chi connectivity index (χ1v) is 10.7. The van der Waals surface area contributed by atoms with Gasteiger partial charge >= 0.3 is 0 Å². The molecule has 162 valence electrons. The number of aliphatic hydroxyl groups is 1. The van der Waals surface area contributed by atoms with Crippen LogP contribution < -0.4 is 15.4 Å². The maximum atomic E-state index is 9.63.